The summed E-state index contributed by atoms with van der Waals surface area (Å²) in [6.07, 6.45) is 0. The van der Waals surface area contributed by atoms with Gasteiger partial charge in [-0.2, -0.15) is 5.11 Å². The van der Waals surface area contributed by atoms with Gasteiger partial charge >= 0.3 is 0 Å². The number of aromatic hydroxyl groups is 1. The van der Waals surface area contributed by atoms with E-state index in [1.807, 2.05) is 30.3 Å². The third-order valence-corrected chi connectivity index (χ3v) is 2.20. The Morgan fingerprint density at radius 1 is 0.938 bits per heavy atom. The van der Waals surface area contributed by atoms with Gasteiger partial charge < -0.3 is 5.11 Å². The van der Waals surface area contributed by atoms with Crippen molar-refractivity contribution in [3.63, 3.8) is 0 Å². The Hall–Kier alpha value is -1.87. The zero-order valence-electron chi connectivity index (χ0n) is 8.34. The zero-order chi connectivity index (χ0) is 11.4. The zero-order valence-corrected chi connectivity index (χ0v) is 9.09. The normalized spacial score (nSPS) is 10.8. The second-order valence-corrected chi connectivity index (χ2v) is 3.61. The lowest BCUT2D eigenvalue weighted by Crippen LogP contribution is -1.68. The molecular weight excluding hydrogens is 224 g/mol. The molecule has 4 heteroatoms. The maximum atomic E-state index is 9.53. The number of hydrogen-bond acceptors (Lipinski definition) is 3. The van der Waals surface area contributed by atoms with Gasteiger partial charge in [0, 0.05) is 11.1 Å². The van der Waals surface area contributed by atoms with Crippen LogP contribution >= 0.6 is 11.6 Å². The number of benzene rings is 2. The largest absolute Gasteiger partial charge is 0.506 e. The van der Waals surface area contributed by atoms with Crippen LogP contribution in [0.15, 0.2) is 58.8 Å². The standard InChI is InChI=1S/C12H9ClN2O/c13-9-6-7-11(12(16)8-9)15-14-10-4-2-1-3-5-10/h1-8,16H. The van der Waals surface area contributed by atoms with E-state index in [0.717, 1.165) is 5.69 Å². The number of phenols is 1. The molecule has 0 aromatic heterocycles. The molecular formula is C12H9ClN2O. The summed E-state index contributed by atoms with van der Waals surface area (Å²) in [5.41, 5.74) is 1.13. The van der Waals surface area contributed by atoms with Gasteiger partial charge in [-0.3, -0.25) is 0 Å². The number of phenolic OH excluding ortho intramolecular Hbond substituents is 1. The van der Waals surface area contributed by atoms with Crippen LogP contribution in [0.2, 0.25) is 5.02 Å². The quantitative estimate of drug-likeness (QED) is 0.764. The van der Waals surface area contributed by atoms with Gasteiger partial charge in [0.15, 0.2) is 0 Å². The van der Waals surface area contributed by atoms with E-state index in [-0.39, 0.29) is 5.75 Å². The third-order valence-electron chi connectivity index (χ3n) is 1.97. The number of azo groups is 1. The molecule has 2 rings (SSSR count). The minimum Gasteiger partial charge on any atom is -0.506 e. The Kier molecular flexibility index (Phi) is 3.17. The summed E-state index contributed by atoms with van der Waals surface area (Å²) >= 11 is 5.70. The monoisotopic (exact) mass is 232 g/mol. The smallest absolute Gasteiger partial charge is 0.144 e. The molecule has 0 saturated heterocycles. The molecule has 0 saturated carbocycles. The van der Waals surface area contributed by atoms with Gasteiger partial charge in [0.25, 0.3) is 0 Å². The first kappa shape index (κ1) is 10.6. The van der Waals surface area contributed by atoms with Crippen molar-refractivity contribution in [2.24, 2.45) is 10.2 Å². The lowest BCUT2D eigenvalue weighted by Gasteiger charge is -1.97. The summed E-state index contributed by atoms with van der Waals surface area (Å²) in [5.74, 6) is 0.0205. The molecule has 3 nitrogen and oxygen atoms in total. The molecule has 0 aliphatic heterocycles. The molecule has 2 aromatic carbocycles. The molecule has 0 aliphatic carbocycles. The highest BCUT2D eigenvalue weighted by molar-refractivity contribution is 6.30. The molecule has 0 bridgehead atoms. The molecule has 0 radical (unpaired) electrons. The van der Waals surface area contributed by atoms with Crippen molar-refractivity contribution in [3.8, 4) is 5.75 Å². The van der Waals surface area contributed by atoms with Crippen molar-refractivity contribution < 1.29 is 5.11 Å². The predicted molar refractivity (Wildman–Crippen MR) is 63.7 cm³/mol. The molecule has 1 N–H and O–H groups in total. The van der Waals surface area contributed by atoms with Gasteiger partial charge in [0.05, 0.1) is 5.69 Å². The average Bonchev–Trinajstić information content (AvgIpc) is 2.29. The lowest BCUT2D eigenvalue weighted by molar-refractivity contribution is 0.476. The lowest BCUT2D eigenvalue weighted by atomic mass is 10.3. The molecule has 0 unspecified atom stereocenters. The fourth-order valence-electron chi connectivity index (χ4n) is 1.19. The fourth-order valence-corrected chi connectivity index (χ4v) is 1.35. The van der Waals surface area contributed by atoms with E-state index in [4.69, 9.17) is 11.6 Å². The highest BCUT2D eigenvalue weighted by Gasteiger charge is 1.99. The molecule has 0 spiro atoms. The van der Waals surface area contributed by atoms with Crippen molar-refractivity contribution in [3.05, 3.63) is 53.6 Å². The molecule has 2 aromatic rings. The Bertz CT molecular complexity index is 512. The molecule has 0 heterocycles. The summed E-state index contributed by atoms with van der Waals surface area (Å²) in [4.78, 5) is 0. The van der Waals surface area contributed by atoms with E-state index in [9.17, 15) is 5.11 Å². The van der Waals surface area contributed by atoms with Crippen molar-refractivity contribution in [1.29, 1.82) is 0 Å². The SMILES string of the molecule is Oc1cc(Cl)ccc1N=Nc1ccccc1. The summed E-state index contributed by atoms with van der Waals surface area (Å²) in [5, 5.41) is 17.9. The minimum atomic E-state index is 0.0205. The predicted octanol–water partition coefficient (Wildman–Crippen LogP) is 4.46. The van der Waals surface area contributed by atoms with E-state index < -0.39 is 0 Å². The van der Waals surface area contributed by atoms with E-state index in [2.05, 4.69) is 10.2 Å². The van der Waals surface area contributed by atoms with E-state index >= 15 is 0 Å². The van der Waals surface area contributed by atoms with E-state index in [1.165, 1.54) is 6.07 Å². The van der Waals surface area contributed by atoms with Gasteiger partial charge in [-0.25, -0.2) is 0 Å². The maximum absolute atomic E-state index is 9.53. The number of halogens is 1. The van der Waals surface area contributed by atoms with Gasteiger partial charge in [-0.05, 0) is 24.3 Å². The third kappa shape index (κ3) is 2.58. The van der Waals surface area contributed by atoms with Gasteiger partial charge in [-0.15, -0.1) is 5.11 Å². The first-order valence-corrected chi connectivity index (χ1v) is 5.09. The van der Waals surface area contributed by atoms with Crippen LogP contribution in [0.4, 0.5) is 11.4 Å². The number of nitrogens with zero attached hydrogens (tertiary/aromatic N) is 2. The van der Waals surface area contributed by atoms with Crippen LogP contribution in [0.1, 0.15) is 0 Å². The highest BCUT2D eigenvalue weighted by atomic mass is 35.5. The summed E-state index contributed by atoms with van der Waals surface area (Å²) in [6.45, 7) is 0. The van der Waals surface area contributed by atoms with Crippen LogP contribution in [0.25, 0.3) is 0 Å². The van der Waals surface area contributed by atoms with Gasteiger partial charge in [-0.1, -0.05) is 29.8 Å². The van der Waals surface area contributed by atoms with Crippen molar-refractivity contribution in [1.82, 2.24) is 0 Å². The van der Waals surface area contributed by atoms with Crippen LogP contribution in [-0.2, 0) is 0 Å². The average molecular weight is 233 g/mol. The van der Waals surface area contributed by atoms with Crippen LogP contribution in [0.3, 0.4) is 0 Å². The van der Waals surface area contributed by atoms with Crippen molar-refractivity contribution >= 4 is 23.0 Å². The highest BCUT2D eigenvalue weighted by Crippen LogP contribution is 2.30. The first-order valence-electron chi connectivity index (χ1n) is 4.71. The topological polar surface area (TPSA) is 45.0 Å². The molecule has 0 fully saturated rings. The molecule has 0 amide bonds. The van der Waals surface area contributed by atoms with Crippen molar-refractivity contribution in [2.75, 3.05) is 0 Å². The number of rotatable bonds is 2. The van der Waals surface area contributed by atoms with Crippen LogP contribution in [-0.4, -0.2) is 5.11 Å². The van der Waals surface area contributed by atoms with E-state index in [1.54, 1.807) is 12.1 Å². The van der Waals surface area contributed by atoms with Gasteiger partial charge in [0.2, 0.25) is 0 Å². The number of hydrogen-bond donors (Lipinski definition) is 1. The summed E-state index contributed by atoms with van der Waals surface area (Å²) < 4.78 is 0. The Balaban J connectivity index is 2.24. The van der Waals surface area contributed by atoms with Crippen LogP contribution in [0.5, 0.6) is 5.75 Å². The summed E-state index contributed by atoms with van der Waals surface area (Å²) in [6, 6.07) is 14.0. The van der Waals surface area contributed by atoms with Crippen LogP contribution in [0, 0.1) is 0 Å². The Morgan fingerprint density at radius 2 is 1.69 bits per heavy atom. The molecule has 80 valence electrons. The Morgan fingerprint density at radius 3 is 2.38 bits per heavy atom. The summed E-state index contributed by atoms with van der Waals surface area (Å²) in [7, 11) is 0. The molecule has 0 aliphatic rings. The Labute approximate surface area is 98.0 Å². The second kappa shape index (κ2) is 4.77. The first-order chi connectivity index (χ1) is 7.75. The maximum Gasteiger partial charge on any atom is 0.144 e. The second-order valence-electron chi connectivity index (χ2n) is 3.17. The fraction of sp³-hybridized carbons (Fsp3) is 0. The minimum absolute atomic E-state index is 0.0205. The molecule has 16 heavy (non-hydrogen) atoms. The van der Waals surface area contributed by atoms with E-state index in [0.29, 0.717) is 10.7 Å². The van der Waals surface area contributed by atoms with Crippen molar-refractivity contribution in [2.45, 2.75) is 0 Å². The molecule has 0 atom stereocenters. The van der Waals surface area contributed by atoms with Crippen LogP contribution < -0.4 is 0 Å². The van der Waals surface area contributed by atoms with Gasteiger partial charge in [0.1, 0.15) is 11.4 Å².